The van der Waals surface area contributed by atoms with E-state index in [2.05, 4.69) is 17.2 Å². The first-order valence-corrected chi connectivity index (χ1v) is 6.13. The number of nitrogens with one attached hydrogen (secondary N) is 1. The molecular weight excluding hydrogens is 262 g/mol. The van der Waals surface area contributed by atoms with E-state index in [4.69, 9.17) is 10.5 Å². The summed E-state index contributed by atoms with van der Waals surface area (Å²) in [7, 11) is 1.68. The van der Waals surface area contributed by atoms with Gasteiger partial charge in [-0.3, -0.25) is 4.98 Å². The lowest BCUT2D eigenvalue weighted by Crippen LogP contribution is -2.09. The van der Waals surface area contributed by atoms with E-state index in [0.717, 1.165) is 35.3 Å². The molecule has 4 nitrogen and oxygen atoms in total. The molecule has 0 bridgehead atoms. The van der Waals surface area contributed by atoms with Crippen molar-refractivity contribution in [3.05, 3.63) is 30.0 Å². The number of ether oxygens (including phenoxy) is 1. The zero-order chi connectivity index (χ0) is 13.0. The predicted octanol–water partition coefficient (Wildman–Crippen LogP) is 2.73. The van der Waals surface area contributed by atoms with Crippen molar-refractivity contribution in [3.63, 3.8) is 0 Å². The topological polar surface area (TPSA) is 60.2 Å². The van der Waals surface area contributed by atoms with E-state index in [1.54, 1.807) is 7.11 Å². The molecule has 0 radical (unpaired) electrons. The summed E-state index contributed by atoms with van der Waals surface area (Å²) in [6, 6.07) is 6.00. The Morgan fingerprint density at radius 3 is 2.84 bits per heavy atom. The lowest BCUT2D eigenvalue weighted by atomic mass is 10.1. The van der Waals surface area contributed by atoms with Crippen molar-refractivity contribution in [2.24, 2.45) is 5.73 Å². The number of hydrogen-bond acceptors (Lipinski definition) is 4. The van der Waals surface area contributed by atoms with Gasteiger partial charge in [-0.25, -0.2) is 0 Å². The molecule has 0 unspecified atom stereocenters. The Hall–Kier alpha value is -1.52. The number of nitrogens with two attached hydrogens (primary N) is 1. The van der Waals surface area contributed by atoms with E-state index in [9.17, 15) is 0 Å². The lowest BCUT2D eigenvalue weighted by Gasteiger charge is -2.12. The van der Waals surface area contributed by atoms with Crippen LogP contribution in [0.1, 0.15) is 12.0 Å². The van der Waals surface area contributed by atoms with Crippen molar-refractivity contribution in [1.29, 1.82) is 0 Å². The maximum Gasteiger partial charge on any atom is 0.121 e. The molecule has 1 aromatic heterocycles. The molecule has 0 amide bonds. The molecule has 0 fully saturated rings. The molecule has 0 saturated heterocycles. The molecule has 104 valence electrons. The maximum atomic E-state index is 5.51. The fourth-order valence-electron chi connectivity index (χ4n) is 1.94. The number of benzene rings is 1. The molecule has 0 aliphatic rings. The Labute approximate surface area is 119 Å². The Morgan fingerprint density at radius 1 is 1.37 bits per heavy atom. The van der Waals surface area contributed by atoms with Crippen LogP contribution in [0, 0.1) is 6.92 Å². The molecule has 1 aromatic carbocycles. The average molecular weight is 282 g/mol. The van der Waals surface area contributed by atoms with Gasteiger partial charge in [0.25, 0.3) is 0 Å². The molecule has 0 atom stereocenters. The first-order valence-electron chi connectivity index (χ1n) is 6.13. The first kappa shape index (κ1) is 15.5. The van der Waals surface area contributed by atoms with Crippen LogP contribution in [-0.2, 0) is 0 Å². The van der Waals surface area contributed by atoms with Crippen LogP contribution in [0.3, 0.4) is 0 Å². The highest BCUT2D eigenvalue weighted by Gasteiger charge is 2.07. The van der Waals surface area contributed by atoms with Gasteiger partial charge in [0.05, 0.1) is 18.3 Å². The van der Waals surface area contributed by atoms with Gasteiger partial charge in [0.15, 0.2) is 0 Å². The summed E-state index contributed by atoms with van der Waals surface area (Å²) in [5.74, 6) is 0.842. The Kier molecular flexibility index (Phi) is 5.86. The maximum absolute atomic E-state index is 5.51. The van der Waals surface area contributed by atoms with Gasteiger partial charge in [-0.1, -0.05) is 0 Å². The SMILES string of the molecule is COc1cc(NCCCN)c2nccc(C)c2c1.Cl. The molecule has 0 aliphatic carbocycles. The minimum absolute atomic E-state index is 0. The Morgan fingerprint density at radius 2 is 2.16 bits per heavy atom. The highest BCUT2D eigenvalue weighted by molar-refractivity contribution is 5.93. The lowest BCUT2D eigenvalue weighted by molar-refractivity contribution is 0.415. The Bertz CT molecular complexity index is 545. The van der Waals surface area contributed by atoms with Crippen molar-refractivity contribution >= 4 is 29.0 Å². The van der Waals surface area contributed by atoms with Crippen LogP contribution in [0.4, 0.5) is 5.69 Å². The second kappa shape index (κ2) is 7.16. The third-order valence-electron chi connectivity index (χ3n) is 2.97. The number of nitrogens with zero attached hydrogens (tertiary/aromatic N) is 1. The minimum Gasteiger partial charge on any atom is -0.497 e. The molecular formula is C14H20ClN3O. The third-order valence-corrected chi connectivity index (χ3v) is 2.97. The van der Waals surface area contributed by atoms with E-state index < -0.39 is 0 Å². The number of anilines is 1. The Balaban J connectivity index is 0.00000180. The van der Waals surface area contributed by atoms with E-state index in [-0.39, 0.29) is 12.4 Å². The largest absolute Gasteiger partial charge is 0.497 e. The summed E-state index contributed by atoms with van der Waals surface area (Å²) in [5, 5.41) is 4.49. The summed E-state index contributed by atoms with van der Waals surface area (Å²) in [6.07, 6.45) is 2.77. The van der Waals surface area contributed by atoms with Crippen LogP contribution < -0.4 is 15.8 Å². The number of aryl methyl sites for hydroxylation is 1. The molecule has 0 saturated carbocycles. The van der Waals surface area contributed by atoms with Crippen molar-refractivity contribution in [1.82, 2.24) is 4.98 Å². The molecule has 19 heavy (non-hydrogen) atoms. The van der Waals surface area contributed by atoms with Gasteiger partial charge in [-0.15, -0.1) is 12.4 Å². The standard InChI is InChI=1S/C14H19N3O.ClH/c1-10-4-7-17-14-12(10)8-11(18-2)9-13(14)16-6-3-5-15;/h4,7-9,16H,3,5-6,15H2,1-2H3;1H. The van der Waals surface area contributed by atoms with Gasteiger partial charge in [0.1, 0.15) is 5.75 Å². The number of halogens is 1. The normalized spacial score (nSPS) is 10.1. The van der Waals surface area contributed by atoms with Crippen LogP contribution >= 0.6 is 12.4 Å². The van der Waals surface area contributed by atoms with Crippen LogP contribution in [-0.4, -0.2) is 25.2 Å². The van der Waals surface area contributed by atoms with Crippen molar-refractivity contribution in [3.8, 4) is 5.75 Å². The number of hydrogen-bond donors (Lipinski definition) is 2. The molecule has 5 heteroatoms. The smallest absolute Gasteiger partial charge is 0.121 e. The highest BCUT2D eigenvalue weighted by atomic mass is 35.5. The zero-order valence-electron chi connectivity index (χ0n) is 11.3. The van der Waals surface area contributed by atoms with Gasteiger partial charge >= 0.3 is 0 Å². The minimum atomic E-state index is 0. The van der Waals surface area contributed by atoms with Crippen molar-refractivity contribution in [2.45, 2.75) is 13.3 Å². The second-order valence-electron chi connectivity index (χ2n) is 4.27. The molecule has 0 spiro atoms. The predicted molar refractivity (Wildman–Crippen MR) is 82.4 cm³/mol. The molecule has 0 aliphatic heterocycles. The molecule has 2 aromatic rings. The summed E-state index contributed by atoms with van der Waals surface area (Å²) in [6.45, 7) is 3.60. The third kappa shape index (κ3) is 3.49. The fourth-order valence-corrected chi connectivity index (χ4v) is 1.94. The number of methoxy groups -OCH3 is 1. The highest BCUT2D eigenvalue weighted by Crippen LogP contribution is 2.29. The van der Waals surface area contributed by atoms with Crippen molar-refractivity contribution in [2.75, 3.05) is 25.5 Å². The van der Waals surface area contributed by atoms with E-state index in [1.807, 2.05) is 24.4 Å². The molecule has 1 heterocycles. The summed E-state index contributed by atoms with van der Waals surface area (Å²) in [5.41, 5.74) is 8.68. The number of pyridine rings is 1. The fraction of sp³-hybridized carbons (Fsp3) is 0.357. The van der Waals surface area contributed by atoms with Gasteiger partial charge < -0.3 is 15.8 Å². The van der Waals surface area contributed by atoms with Crippen LogP contribution in [0.5, 0.6) is 5.75 Å². The van der Waals surface area contributed by atoms with Gasteiger partial charge in [-0.2, -0.15) is 0 Å². The van der Waals surface area contributed by atoms with Gasteiger partial charge in [0.2, 0.25) is 0 Å². The first-order chi connectivity index (χ1) is 8.76. The zero-order valence-corrected chi connectivity index (χ0v) is 12.1. The quantitative estimate of drug-likeness (QED) is 0.828. The van der Waals surface area contributed by atoms with Crippen LogP contribution in [0.15, 0.2) is 24.4 Å². The van der Waals surface area contributed by atoms with Crippen LogP contribution in [0.25, 0.3) is 10.9 Å². The van der Waals surface area contributed by atoms with E-state index >= 15 is 0 Å². The number of fused-ring (bicyclic) bond motifs is 1. The van der Waals surface area contributed by atoms with Gasteiger partial charge in [-0.05, 0) is 37.6 Å². The van der Waals surface area contributed by atoms with Crippen molar-refractivity contribution < 1.29 is 4.74 Å². The monoisotopic (exact) mass is 281 g/mol. The van der Waals surface area contributed by atoms with E-state index in [0.29, 0.717) is 6.54 Å². The average Bonchev–Trinajstić information content (AvgIpc) is 2.39. The summed E-state index contributed by atoms with van der Waals surface area (Å²) < 4.78 is 5.33. The van der Waals surface area contributed by atoms with Crippen LogP contribution in [0.2, 0.25) is 0 Å². The number of aromatic nitrogens is 1. The second-order valence-corrected chi connectivity index (χ2v) is 4.27. The summed E-state index contributed by atoms with van der Waals surface area (Å²) >= 11 is 0. The molecule has 2 rings (SSSR count). The molecule has 3 N–H and O–H groups in total. The van der Waals surface area contributed by atoms with Gasteiger partial charge in [0, 0.05) is 24.2 Å². The van der Waals surface area contributed by atoms with E-state index in [1.165, 1.54) is 5.56 Å². The number of rotatable bonds is 5. The summed E-state index contributed by atoms with van der Waals surface area (Å²) in [4.78, 5) is 4.45.